The van der Waals surface area contributed by atoms with Crippen LogP contribution in [0, 0.1) is 0 Å². The van der Waals surface area contributed by atoms with E-state index in [1.165, 1.54) is 0 Å². The first kappa shape index (κ1) is 8.27. The zero-order valence-corrected chi connectivity index (χ0v) is 6.77. The van der Waals surface area contributed by atoms with E-state index in [0.29, 0.717) is 0 Å². The van der Waals surface area contributed by atoms with Gasteiger partial charge in [-0.05, 0) is 6.42 Å². The largest absolute Gasteiger partial charge is 0.374 e. The van der Waals surface area contributed by atoms with Crippen molar-refractivity contribution in [3.8, 4) is 0 Å². The van der Waals surface area contributed by atoms with Gasteiger partial charge < -0.3 is 10.0 Å². The maximum atomic E-state index is 9.49. The lowest BCUT2D eigenvalue weighted by Crippen LogP contribution is -2.32. The van der Waals surface area contributed by atoms with Crippen molar-refractivity contribution in [3.63, 3.8) is 0 Å². The molecule has 0 bridgehead atoms. The van der Waals surface area contributed by atoms with Gasteiger partial charge >= 0.3 is 0 Å². The summed E-state index contributed by atoms with van der Waals surface area (Å²) in [7, 11) is 0. The normalized spacial score (nSPS) is 18.9. The highest BCUT2D eigenvalue weighted by molar-refractivity contribution is 5.61. The lowest BCUT2D eigenvalue weighted by atomic mass is 10.3. The molecule has 0 radical (unpaired) electrons. The summed E-state index contributed by atoms with van der Waals surface area (Å²) in [5.41, 5.74) is 0. The Labute approximate surface area is 67.0 Å². The SMILES string of the molecule is CCCC(O)N1C=CN=CC1. The first-order valence-electron chi connectivity index (χ1n) is 3.96. The van der Waals surface area contributed by atoms with Crippen molar-refractivity contribution >= 4 is 6.21 Å². The van der Waals surface area contributed by atoms with E-state index in [9.17, 15) is 5.11 Å². The van der Waals surface area contributed by atoms with Crippen LogP contribution < -0.4 is 0 Å². The third kappa shape index (κ3) is 2.35. The molecule has 1 aliphatic heterocycles. The number of hydrogen-bond donors (Lipinski definition) is 1. The fourth-order valence-electron chi connectivity index (χ4n) is 1.03. The molecule has 0 saturated carbocycles. The smallest absolute Gasteiger partial charge is 0.126 e. The van der Waals surface area contributed by atoms with Crippen molar-refractivity contribution in [2.45, 2.75) is 26.0 Å². The molecule has 62 valence electrons. The number of nitrogens with zero attached hydrogens (tertiary/aromatic N) is 2. The Hall–Kier alpha value is -0.830. The third-order valence-electron chi connectivity index (χ3n) is 1.67. The molecule has 0 amide bonds. The summed E-state index contributed by atoms with van der Waals surface area (Å²) in [6, 6.07) is 0. The molecule has 0 spiro atoms. The zero-order chi connectivity index (χ0) is 8.10. The molecule has 3 heteroatoms. The van der Waals surface area contributed by atoms with Gasteiger partial charge in [-0.25, -0.2) is 0 Å². The second-order valence-corrected chi connectivity index (χ2v) is 2.60. The molecule has 0 fully saturated rings. The molecule has 1 atom stereocenters. The van der Waals surface area contributed by atoms with Gasteiger partial charge in [0.1, 0.15) is 6.23 Å². The molecule has 0 aromatic rings. The van der Waals surface area contributed by atoms with Crippen molar-refractivity contribution in [3.05, 3.63) is 12.4 Å². The Kier molecular flexibility index (Phi) is 3.11. The molecule has 1 aliphatic rings. The molecule has 3 nitrogen and oxygen atoms in total. The van der Waals surface area contributed by atoms with Gasteiger partial charge in [-0.2, -0.15) is 0 Å². The molecule has 0 saturated heterocycles. The number of aliphatic hydroxyl groups is 1. The van der Waals surface area contributed by atoms with Crippen molar-refractivity contribution in [1.29, 1.82) is 0 Å². The summed E-state index contributed by atoms with van der Waals surface area (Å²) < 4.78 is 0. The molecule has 0 aromatic heterocycles. The molecular formula is C8H14N2O. The Bertz CT molecular complexity index is 165. The minimum Gasteiger partial charge on any atom is -0.374 e. The zero-order valence-electron chi connectivity index (χ0n) is 6.77. The van der Waals surface area contributed by atoms with Gasteiger partial charge in [0.2, 0.25) is 0 Å². The molecule has 1 heterocycles. The van der Waals surface area contributed by atoms with Gasteiger partial charge in [0, 0.05) is 18.6 Å². The van der Waals surface area contributed by atoms with E-state index in [0.717, 1.165) is 19.4 Å². The topological polar surface area (TPSA) is 35.8 Å². The van der Waals surface area contributed by atoms with Crippen LogP contribution >= 0.6 is 0 Å². The minimum absolute atomic E-state index is 0.344. The maximum absolute atomic E-state index is 9.49. The van der Waals surface area contributed by atoms with E-state index >= 15 is 0 Å². The Morgan fingerprint density at radius 3 is 3.09 bits per heavy atom. The van der Waals surface area contributed by atoms with E-state index in [4.69, 9.17) is 0 Å². The molecule has 11 heavy (non-hydrogen) atoms. The van der Waals surface area contributed by atoms with Crippen LogP contribution in [-0.4, -0.2) is 29.0 Å². The molecule has 1 N–H and O–H groups in total. The van der Waals surface area contributed by atoms with Crippen LogP contribution in [0.5, 0.6) is 0 Å². The van der Waals surface area contributed by atoms with Crippen LogP contribution in [0.2, 0.25) is 0 Å². The lowest BCUT2D eigenvalue weighted by molar-refractivity contribution is 0.0397. The van der Waals surface area contributed by atoms with Gasteiger partial charge in [-0.3, -0.25) is 4.99 Å². The van der Waals surface area contributed by atoms with E-state index in [1.54, 1.807) is 12.4 Å². The summed E-state index contributed by atoms with van der Waals surface area (Å²) in [4.78, 5) is 5.78. The molecule has 0 aromatic carbocycles. The van der Waals surface area contributed by atoms with Crippen molar-refractivity contribution < 1.29 is 5.11 Å². The van der Waals surface area contributed by atoms with Crippen molar-refractivity contribution in [2.75, 3.05) is 6.54 Å². The van der Waals surface area contributed by atoms with E-state index < -0.39 is 0 Å². The van der Waals surface area contributed by atoms with Crippen LogP contribution in [0.3, 0.4) is 0 Å². The average Bonchev–Trinajstić information content (AvgIpc) is 2.07. The summed E-state index contributed by atoms with van der Waals surface area (Å²) in [5.74, 6) is 0. The number of hydrogen-bond acceptors (Lipinski definition) is 3. The highest BCUT2D eigenvalue weighted by Crippen LogP contribution is 2.05. The Morgan fingerprint density at radius 1 is 1.73 bits per heavy atom. The number of aliphatic imine (C=N–C) groups is 1. The first-order chi connectivity index (χ1) is 5.34. The van der Waals surface area contributed by atoms with Crippen LogP contribution in [0.1, 0.15) is 19.8 Å². The molecule has 1 rings (SSSR count). The predicted molar refractivity (Wildman–Crippen MR) is 45.3 cm³/mol. The second-order valence-electron chi connectivity index (χ2n) is 2.60. The van der Waals surface area contributed by atoms with Gasteiger partial charge in [0.15, 0.2) is 0 Å². The van der Waals surface area contributed by atoms with Gasteiger partial charge in [-0.1, -0.05) is 13.3 Å². The van der Waals surface area contributed by atoms with Crippen LogP contribution in [0.15, 0.2) is 17.4 Å². The number of aliphatic hydroxyl groups excluding tert-OH is 1. The third-order valence-corrected chi connectivity index (χ3v) is 1.67. The minimum atomic E-state index is -0.344. The van der Waals surface area contributed by atoms with Crippen molar-refractivity contribution in [1.82, 2.24) is 4.90 Å². The Morgan fingerprint density at radius 2 is 2.55 bits per heavy atom. The van der Waals surface area contributed by atoms with Crippen LogP contribution in [-0.2, 0) is 0 Å². The standard InChI is InChI=1S/C8H14N2O/c1-2-3-8(11)10-6-4-9-5-7-10/h4-6,8,11H,2-3,7H2,1H3. The lowest BCUT2D eigenvalue weighted by Gasteiger charge is -2.25. The summed E-state index contributed by atoms with van der Waals surface area (Å²) in [5, 5.41) is 9.49. The maximum Gasteiger partial charge on any atom is 0.126 e. The predicted octanol–water partition coefficient (Wildman–Crippen LogP) is 0.962. The summed E-state index contributed by atoms with van der Waals surface area (Å²) >= 11 is 0. The first-order valence-corrected chi connectivity index (χ1v) is 3.96. The van der Waals surface area contributed by atoms with Crippen molar-refractivity contribution in [2.24, 2.45) is 4.99 Å². The van der Waals surface area contributed by atoms with Gasteiger partial charge in [0.05, 0.1) is 6.54 Å². The van der Waals surface area contributed by atoms with Crippen LogP contribution in [0.25, 0.3) is 0 Å². The summed E-state index contributed by atoms with van der Waals surface area (Å²) in [6.45, 7) is 2.78. The van der Waals surface area contributed by atoms with Gasteiger partial charge in [-0.15, -0.1) is 0 Å². The van der Waals surface area contributed by atoms with E-state index in [1.807, 2.05) is 11.1 Å². The number of rotatable bonds is 3. The molecular weight excluding hydrogens is 140 g/mol. The monoisotopic (exact) mass is 154 g/mol. The average molecular weight is 154 g/mol. The van der Waals surface area contributed by atoms with Gasteiger partial charge in [0.25, 0.3) is 0 Å². The molecule has 0 aliphatic carbocycles. The second kappa shape index (κ2) is 4.13. The quantitative estimate of drug-likeness (QED) is 0.657. The molecule has 1 unspecified atom stereocenters. The highest BCUT2D eigenvalue weighted by Gasteiger charge is 2.09. The van der Waals surface area contributed by atoms with E-state index in [2.05, 4.69) is 11.9 Å². The van der Waals surface area contributed by atoms with Crippen LogP contribution in [0.4, 0.5) is 0 Å². The summed E-state index contributed by atoms with van der Waals surface area (Å²) in [6.07, 6.45) is 6.78. The fraction of sp³-hybridized carbons (Fsp3) is 0.625. The van der Waals surface area contributed by atoms with E-state index in [-0.39, 0.29) is 6.23 Å². The fourth-order valence-corrected chi connectivity index (χ4v) is 1.03. The Balaban J connectivity index is 2.35. The highest BCUT2D eigenvalue weighted by atomic mass is 16.3.